The van der Waals surface area contributed by atoms with Gasteiger partial charge in [-0.25, -0.2) is 0 Å². The molecule has 0 aromatic heterocycles. The van der Waals surface area contributed by atoms with Crippen LogP contribution in [0.25, 0.3) is 0 Å². The van der Waals surface area contributed by atoms with Gasteiger partial charge in [0.2, 0.25) is 0 Å². The summed E-state index contributed by atoms with van der Waals surface area (Å²) in [6.07, 6.45) is 3.10. The molecule has 1 amide bonds. The van der Waals surface area contributed by atoms with Crippen LogP contribution in [0.15, 0.2) is 36.4 Å². The maximum atomic E-state index is 12.5. The van der Waals surface area contributed by atoms with Gasteiger partial charge in [0, 0.05) is 11.3 Å². The Morgan fingerprint density at radius 3 is 2.73 bits per heavy atom. The Balaban J connectivity index is 1.82. The third kappa shape index (κ3) is 2.84. The Morgan fingerprint density at radius 2 is 1.95 bits per heavy atom. The third-order valence-electron chi connectivity index (χ3n) is 4.56. The number of aryl methyl sites for hydroxylation is 3. The number of amides is 1. The molecule has 0 fully saturated rings. The van der Waals surface area contributed by atoms with Crippen LogP contribution in [0.4, 0.5) is 5.69 Å². The SMILES string of the molecule is Cc1ccc(C(=O)NC2CCCc3cc(N)ccc32)cc1C. The van der Waals surface area contributed by atoms with Gasteiger partial charge in [-0.1, -0.05) is 12.1 Å². The molecule has 3 heteroatoms. The van der Waals surface area contributed by atoms with Gasteiger partial charge in [-0.15, -0.1) is 0 Å². The molecule has 1 atom stereocenters. The van der Waals surface area contributed by atoms with Crippen molar-refractivity contribution in [3.05, 3.63) is 64.2 Å². The molecule has 0 spiro atoms. The van der Waals surface area contributed by atoms with E-state index in [0.717, 1.165) is 36.1 Å². The van der Waals surface area contributed by atoms with Crippen molar-refractivity contribution in [3.8, 4) is 0 Å². The summed E-state index contributed by atoms with van der Waals surface area (Å²) in [5, 5.41) is 3.18. The van der Waals surface area contributed by atoms with E-state index in [9.17, 15) is 4.79 Å². The number of fused-ring (bicyclic) bond motifs is 1. The fourth-order valence-corrected chi connectivity index (χ4v) is 3.11. The standard InChI is InChI=1S/C19H22N2O/c1-12-6-7-15(10-13(12)2)19(22)21-18-5-3-4-14-11-16(20)8-9-17(14)18/h6-11,18H,3-5,20H2,1-2H3,(H,21,22). The zero-order valence-electron chi connectivity index (χ0n) is 13.1. The number of benzene rings is 2. The summed E-state index contributed by atoms with van der Waals surface area (Å²) in [5.41, 5.74) is 12.2. The van der Waals surface area contributed by atoms with E-state index in [0.29, 0.717) is 0 Å². The van der Waals surface area contributed by atoms with Gasteiger partial charge in [0.05, 0.1) is 6.04 Å². The fraction of sp³-hybridized carbons (Fsp3) is 0.316. The van der Waals surface area contributed by atoms with E-state index in [-0.39, 0.29) is 11.9 Å². The number of anilines is 1. The Hall–Kier alpha value is -2.29. The zero-order valence-corrected chi connectivity index (χ0v) is 13.1. The lowest BCUT2D eigenvalue weighted by Gasteiger charge is -2.26. The molecular formula is C19H22N2O. The average molecular weight is 294 g/mol. The molecule has 0 aliphatic heterocycles. The molecule has 0 heterocycles. The monoisotopic (exact) mass is 294 g/mol. The van der Waals surface area contributed by atoms with Gasteiger partial charge in [0.15, 0.2) is 0 Å². The van der Waals surface area contributed by atoms with Crippen LogP contribution in [0.3, 0.4) is 0 Å². The smallest absolute Gasteiger partial charge is 0.251 e. The largest absolute Gasteiger partial charge is 0.399 e. The molecule has 3 rings (SSSR count). The van der Waals surface area contributed by atoms with Crippen LogP contribution in [0.1, 0.15) is 51.5 Å². The quantitative estimate of drug-likeness (QED) is 0.830. The number of hydrogen-bond donors (Lipinski definition) is 2. The van der Waals surface area contributed by atoms with Gasteiger partial charge in [-0.2, -0.15) is 0 Å². The van der Waals surface area contributed by atoms with Crippen LogP contribution in [0.2, 0.25) is 0 Å². The number of nitrogens with one attached hydrogen (secondary N) is 1. The molecule has 0 bridgehead atoms. The minimum Gasteiger partial charge on any atom is -0.399 e. The molecule has 0 radical (unpaired) electrons. The van der Waals surface area contributed by atoms with Crippen molar-refractivity contribution >= 4 is 11.6 Å². The van der Waals surface area contributed by atoms with Gasteiger partial charge >= 0.3 is 0 Å². The second kappa shape index (κ2) is 5.84. The van der Waals surface area contributed by atoms with E-state index in [1.54, 1.807) is 0 Å². The summed E-state index contributed by atoms with van der Waals surface area (Å²) in [6.45, 7) is 4.09. The molecule has 2 aromatic carbocycles. The zero-order chi connectivity index (χ0) is 15.7. The normalized spacial score (nSPS) is 16.9. The highest BCUT2D eigenvalue weighted by Crippen LogP contribution is 2.31. The van der Waals surface area contributed by atoms with Crippen molar-refractivity contribution in [3.63, 3.8) is 0 Å². The fourth-order valence-electron chi connectivity index (χ4n) is 3.11. The van der Waals surface area contributed by atoms with Crippen molar-refractivity contribution in [1.29, 1.82) is 0 Å². The predicted octanol–water partition coefficient (Wildman–Crippen LogP) is 3.69. The molecule has 1 unspecified atom stereocenters. The molecule has 0 saturated heterocycles. The van der Waals surface area contributed by atoms with Gasteiger partial charge < -0.3 is 11.1 Å². The summed E-state index contributed by atoms with van der Waals surface area (Å²) in [4.78, 5) is 12.5. The van der Waals surface area contributed by atoms with E-state index in [2.05, 4.69) is 18.3 Å². The highest BCUT2D eigenvalue weighted by molar-refractivity contribution is 5.94. The summed E-state index contributed by atoms with van der Waals surface area (Å²) in [6, 6.07) is 11.9. The highest BCUT2D eigenvalue weighted by atomic mass is 16.1. The topological polar surface area (TPSA) is 55.1 Å². The Kier molecular flexibility index (Phi) is 3.88. The van der Waals surface area contributed by atoms with E-state index < -0.39 is 0 Å². The lowest BCUT2D eigenvalue weighted by molar-refractivity contribution is 0.0932. The number of nitrogens with two attached hydrogens (primary N) is 1. The molecule has 3 N–H and O–H groups in total. The number of carbonyl (C=O) groups excluding carboxylic acids is 1. The van der Waals surface area contributed by atoms with Crippen LogP contribution in [-0.4, -0.2) is 5.91 Å². The minimum atomic E-state index is -0.00206. The van der Waals surface area contributed by atoms with E-state index in [1.807, 2.05) is 37.3 Å². The number of nitrogen functional groups attached to an aromatic ring is 1. The first-order chi connectivity index (χ1) is 10.5. The molecule has 3 nitrogen and oxygen atoms in total. The Morgan fingerprint density at radius 1 is 1.14 bits per heavy atom. The molecule has 2 aromatic rings. The lowest BCUT2D eigenvalue weighted by Crippen LogP contribution is -2.31. The Labute approximate surface area is 131 Å². The molecule has 114 valence electrons. The van der Waals surface area contributed by atoms with Gasteiger partial charge in [0.25, 0.3) is 5.91 Å². The second-order valence-corrected chi connectivity index (χ2v) is 6.18. The van der Waals surface area contributed by atoms with Crippen LogP contribution in [-0.2, 0) is 6.42 Å². The second-order valence-electron chi connectivity index (χ2n) is 6.18. The average Bonchev–Trinajstić information content (AvgIpc) is 2.50. The van der Waals surface area contributed by atoms with Crippen molar-refractivity contribution in [2.75, 3.05) is 5.73 Å². The van der Waals surface area contributed by atoms with Gasteiger partial charge in [-0.3, -0.25) is 4.79 Å². The molecule has 0 saturated carbocycles. The van der Waals surface area contributed by atoms with Gasteiger partial charge in [-0.05, 0) is 79.6 Å². The first-order valence-electron chi connectivity index (χ1n) is 7.81. The predicted molar refractivity (Wildman–Crippen MR) is 89.9 cm³/mol. The summed E-state index contributed by atoms with van der Waals surface area (Å²) in [7, 11) is 0. The van der Waals surface area contributed by atoms with Crippen molar-refractivity contribution in [1.82, 2.24) is 5.32 Å². The first-order valence-corrected chi connectivity index (χ1v) is 7.81. The van der Waals surface area contributed by atoms with Crippen LogP contribution >= 0.6 is 0 Å². The van der Waals surface area contributed by atoms with Crippen LogP contribution < -0.4 is 11.1 Å². The van der Waals surface area contributed by atoms with E-state index in [1.165, 1.54) is 16.7 Å². The maximum Gasteiger partial charge on any atom is 0.251 e. The van der Waals surface area contributed by atoms with Crippen molar-refractivity contribution in [2.45, 2.75) is 39.2 Å². The number of hydrogen-bond acceptors (Lipinski definition) is 2. The van der Waals surface area contributed by atoms with Gasteiger partial charge in [0.1, 0.15) is 0 Å². The summed E-state index contributed by atoms with van der Waals surface area (Å²) >= 11 is 0. The van der Waals surface area contributed by atoms with Crippen molar-refractivity contribution < 1.29 is 4.79 Å². The molecule has 1 aliphatic rings. The minimum absolute atomic E-state index is 0.00206. The molecule has 22 heavy (non-hydrogen) atoms. The van der Waals surface area contributed by atoms with E-state index in [4.69, 9.17) is 5.73 Å². The highest BCUT2D eigenvalue weighted by Gasteiger charge is 2.22. The number of rotatable bonds is 2. The summed E-state index contributed by atoms with van der Waals surface area (Å²) in [5.74, 6) is -0.00206. The maximum absolute atomic E-state index is 12.5. The first kappa shape index (κ1) is 14.6. The third-order valence-corrected chi connectivity index (χ3v) is 4.56. The summed E-state index contributed by atoms with van der Waals surface area (Å²) < 4.78 is 0. The lowest BCUT2D eigenvalue weighted by atomic mass is 9.87. The Bertz CT molecular complexity index is 721. The van der Waals surface area contributed by atoms with Crippen molar-refractivity contribution in [2.24, 2.45) is 0 Å². The van der Waals surface area contributed by atoms with E-state index >= 15 is 0 Å². The molecule has 1 aliphatic carbocycles. The number of carbonyl (C=O) groups is 1. The van der Waals surface area contributed by atoms with Crippen LogP contribution in [0.5, 0.6) is 0 Å². The molecular weight excluding hydrogens is 272 g/mol. The van der Waals surface area contributed by atoms with Crippen LogP contribution in [0, 0.1) is 13.8 Å².